The molecule has 2 aromatic rings. The molecule has 0 aliphatic carbocycles. The lowest BCUT2D eigenvalue weighted by Crippen LogP contribution is -2.37. The Bertz CT molecular complexity index is 936. The van der Waals surface area contributed by atoms with Crippen molar-refractivity contribution in [3.63, 3.8) is 0 Å². The number of Topliss-reactive ketones (excluding diaryl/α,β-unsaturated/α-hetero) is 1. The van der Waals surface area contributed by atoms with Gasteiger partial charge in [-0.3, -0.25) is 14.9 Å². The molecule has 0 unspecified atom stereocenters. The first-order valence-electron chi connectivity index (χ1n) is 9.72. The molecule has 0 amide bonds. The first-order valence-corrected chi connectivity index (χ1v) is 9.72. The van der Waals surface area contributed by atoms with Crippen molar-refractivity contribution >= 4 is 23.3 Å². The number of carbonyl (C=O) groups excluding carboxylic acids is 1. The number of carboxylic acids is 1. The molecule has 30 heavy (non-hydrogen) atoms. The highest BCUT2D eigenvalue weighted by Gasteiger charge is 2.31. The lowest BCUT2D eigenvalue weighted by atomic mass is 9.97. The Morgan fingerprint density at radius 2 is 1.90 bits per heavy atom. The van der Waals surface area contributed by atoms with E-state index >= 15 is 0 Å². The SMILES string of the molecule is CC(=O)CCc1ccc(Oc2ccnc(N3CCC(C(=O)O)CC3)c2[N+](=O)[O-])cc1. The minimum Gasteiger partial charge on any atom is -0.481 e. The van der Waals surface area contributed by atoms with Gasteiger partial charge in [-0.1, -0.05) is 12.1 Å². The summed E-state index contributed by atoms with van der Waals surface area (Å²) < 4.78 is 5.77. The van der Waals surface area contributed by atoms with Crippen LogP contribution in [0.3, 0.4) is 0 Å². The van der Waals surface area contributed by atoms with Crippen molar-refractivity contribution in [2.24, 2.45) is 5.92 Å². The number of benzene rings is 1. The molecular weight excluding hydrogens is 390 g/mol. The Morgan fingerprint density at radius 1 is 1.23 bits per heavy atom. The van der Waals surface area contributed by atoms with Crippen LogP contribution in [0.2, 0.25) is 0 Å². The lowest BCUT2D eigenvalue weighted by molar-refractivity contribution is -0.385. The van der Waals surface area contributed by atoms with E-state index in [-0.39, 0.29) is 23.0 Å². The van der Waals surface area contributed by atoms with Gasteiger partial charge >= 0.3 is 11.7 Å². The summed E-state index contributed by atoms with van der Waals surface area (Å²) in [5.74, 6) is -0.488. The van der Waals surface area contributed by atoms with Gasteiger partial charge in [-0.2, -0.15) is 0 Å². The molecule has 9 nitrogen and oxygen atoms in total. The van der Waals surface area contributed by atoms with E-state index in [1.807, 2.05) is 12.1 Å². The van der Waals surface area contributed by atoms with Crippen LogP contribution in [0.1, 0.15) is 31.7 Å². The molecule has 1 fully saturated rings. The van der Waals surface area contributed by atoms with E-state index in [0.717, 1.165) is 5.56 Å². The molecule has 1 saturated heterocycles. The van der Waals surface area contributed by atoms with Gasteiger partial charge in [0.05, 0.1) is 10.8 Å². The summed E-state index contributed by atoms with van der Waals surface area (Å²) in [6, 6.07) is 8.50. The van der Waals surface area contributed by atoms with Crippen molar-refractivity contribution in [2.75, 3.05) is 18.0 Å². The highest BCUT2D eigenvalue weighted by Crippen LogP contribution is 2.39. The number of ether oxygens (including phenoxy) is 1. The summed E-state index contributed by atoms with van der Waals surface area (Å²) >= 11 is 0. The molecule has 0 saturated carbocycles. The van der Waals surface area contributed by atoms with Gasteiger partial charge in [0.15, 0.2) is 0 Å². The van der Waals surface area contributed by atoms with E-state index < -0.39 is 16.8 Å². The maximum Gasteiger partial charge on any atom is 0.353 e. The predicted molar refractivity (Wildman–Crippen MR) is 109 cm³/mol. The number of carbonyl (C=O) groups is 2. The fourth-order valence-electron chi connectivity index (χ4n) is 3.42. The summed E-state index contributed by atoms with van der Waals surface area (Å²) in [5, 5.41) is 20.9. The average molecular weight is 413 g/mol. The second-order valence-corrected chi connectivity index (χ2v) is 7.29. The normalized spacial score (nSPS) is 14.4. The number of aliphatic carboxylic acids is 1. The molecule has 158 valence electrons. The summed E-state index contributed by atoms with van der Waals surface area (Å²) in [4.78, 5) is 39.4. The summed E-state index contributed by atoms with van der Waals surface area (Å²) in [6.07, 6.45) is 3.34. The van der Waals surface area contributed by atoms with Gasteiger partial charge in [0.2, 0.25) is 11.6 Å². The number of nitro groups is 1. The van der Waals surface area contributed by atoms with Crippen molar-refractivity contribution in [3.8, 4) is 11.5 Å². The Morgan fingerprint density at radius 3 is 2.47 bits per heavy atom. The Balaban J connectivity index is 1.79. The van der Waals surface area contributed by atoms with E-state index in [4.69, 9.17) is 9.84 Å². The molecule has 1 aromatic heterocycles. The molecule has 1 aliphatic heterocycles. The monoisotopic (exact) mass is 413 g/mol. The molecule has 0 radical (unpaired) electrons. The number of carboxylic acid groups (broad SMARTS) is 1. The number of ketones is 1. The van der Waals surface area contributed by atoms with Gasteiger partial charge < -0.3 is 19.5 Å². The maximum absolute atomic E-state index is 11.8. The topological polar surface area (TPSA) is 123 Å². The fourth-order valence-corrected chi connectivity index (χ4v) is 3.42. The highest BCUT2D eigenvalue weighted by atomic mass is 16.6. The van der Waals surface area contributed by atoms with Gasteiger partial charge in [0, 0.05) is 31.8 Å². The number of rotatable bonds is 8. The van der Waals surface area contributed by atoms with E-state index in [1.54, 1.807) is 24.0 Å². The predicted octanol–water partition coefficient (Wildman–Crippen LogP) is 3.60. The highest BCUT2D eigenvalue weighted by molar-refractivity contribution is 5.75. The third-order valence-corrected chi connectivity index (χ3v) is 5.11. The number of pyridine rings is 1. The number of aromatic nitrogens is 1. The van der Waals surface area contributed by atoms with Crippen LogP contribution in [0, 0.1) is 16.0 Å². The van der Waals surface area contributed by atoms with Crippen molar-refractivity contribution in [2.45, 2.75) is 32.6 Å². The van der Waals surface area contributed by atoms with Crippen LogP contribution in [0.15, 0.2) is 36.5 Å². The van der Waals surface area contributed by atoms with E-state index in [9.17, 15) is 19.7 Å². The lowest BCUT2D eigenvalue weighted by Gasteiger charge is -2.30. The molecule has 1 N–H and O–H groups in total. The second-order valence-electron chi connectivity index (χ2n) is 7.29. The summed E-state index contributed by atoms with van der Waals surface area (Å²) in [6.45, 7) is 2.29. The molecule has 0 spiro atoms. The standard InChI is InChI=1S/C21H23N3O6/c1-14(25)2-3-15-4-6-17(7-5-15)30-18-8-11-22-20(19(18)24(28)29)23-12-9-16(10-13-23)21(26)27/h4-8,11,16H,2-3,9-10,12-13H2,1H3,(H,26,27). The zero-order chi connectivity index (χ0) is 21.7. The maximum atomic E-state index is 11.8. The third-order valence-electron chi connectivity index (χ3n) is 5.11. The van der Waals surface area contributed by atoms with Crippen molar-refractivity contribution < 1.29 is 24.4 Å². The van der Waals surface area contributed by atoms with Crippen LogP contribution in [0.4, 0.5) is 11.5 Å². The number of piperidine rings is 1. The van der Waals surface area contributed by atoms with Crippen molar-refractivity contribution in [1.82, 2.24) is 4.98 Å². The quantitative estimate of drug-likeness (QED) is 0.514. The summed E-state index contributed by atoms with van der Waals surface area (Å²) in [7, 11) is 0. The molecular formula is C21H23N3O6. The number of anilines is 1. The van der Waals surface area contributed by atoms with Gasteiger partial charge in [0.25, 0.3) is 0 Å². The van der Waals surface area contributed by atoms with Crippen LogP contribution in [0.5, 0.6) is 11.5 Å². The van der Waals surface area contributed by atoms with Crippen molar-refractivity contribution in [1.29, 1.82) is 0 Å². The Kier molecular flexibility index (Phi) is 6.61. The zero-order valence-corrected chi connectivity index (χ0v) is 16.6. The molecule has 2 heterocycles. The smallest absolute Gasteiger partial charge is 0.353 e. The second kappa shape index (κ2) is 9.34. The minimum atomic E-state index is -0.846. The molecule has 9 heteroatoms. The van der Waals surface area contributed by atoms with Crippen LogP contribution >= 0.6 is 0 Å². The zero-order valence-electron chi connectivity index (χ0n) is 16.6. The van der Waals surface area contributed by atoms with Crippen LogP contribution in [-0.4, -0.2) is 39.9 Å². The van der Waals surface area contributed by atoms with Crippen LogP contribution in [-0.2, 0) is 16.0 Å². The fraction of sp³-hybridized carbons (Fsp3) is 0.381. The van der Waals surface area contributed by atoms with E-state index in [1.165, 1.54) is 12.3 Å². The molecule has 3 rings (SSSR count). The Hall–Kier alpha value is -3.49. The first kappa shape index (κ1) is 21.2. The third kappa shape index (κ3) is 5.11. The van der Waals surface area contributed by atoms with E-state index in [0.29, 0.717) is 44.5 Å². The van der Waals surface area contributed by atoms with Crippen LogP contribution < -0.4 is 9.64 Å². The largest absolute Gasteiger partial charge is 0.481 e. The number of nitrogens with zero attached hydrogens (tertiary/aromatic N) is 3. The number of hydrogen-bond donors (Lipinski definition) is 1. The van der Waals surface area contributed by atoms with Gasteiger partial charge in [-0.05, 0) is 43.9 Å². The van der Waals surface area contributed by atoms with Gasteiger partial charge in [-0.15, -0.1) is 0 Å². The van der Waals surface area contributed by atoms with Crippen molar-refractivity contribution in [3.05, 3.63) is 52.2 Å². The molecule has 0 atom stereocenters. The average Bonchev–Trinajstić information content (AvgIpc) is 2.73. The molecule has 1 aromatic carbocycles. The summed E-state index contributed by atoms with van der Waals surface area (Å²) in [5.41, 5.74) is 0.732. The minimum absolute atomic E-state index is 0.0712. The van der Waals surface area contributed by atoms with Gasteiger partial charge in [-0.25, -0.2) is 4.98 Å². The van der Waals surface area contributed by atoms with E-state index in [2.05, 4.69) is 4.98 Å². The molecule has 1 aliphatic rings. The molecule has 0 bridgehead atoms. The number of hydrogen-bond acceptors (Lipinski definition) is 7. The van der Waals surface area contributed by atoms with Crippen LogP contribution in [0.25, 0.3) is 0 Å². The first-order chi connectivity index (χ1) is 14.3. The number of aryl methyl sites for hydroxylation is 1. The van der Waals surface area contributed by atoms with Gasteiger partial charge in [0.1, 0.15) is 11.5 Å². The Labute approximate surface area is 173 Å².